The smallest absolute Gasteiger partial charge is 0.225 e. The van der Waals surface area contributed by atoms with Crippen molar-refractivity contribution in [3.05, 3.63) is 48.0 Å². The summed E-state index contributed by atoms with van der Waals surface area (Å²) in [5.41, 5.74) is 3.32. The molecule has 0 saturated carbocycles. The Hall–Kier alpha value is -2.73. The van der Waals surface area contributed by atoms with Crippen molar-refractivity contribution in [2.45, 2.75) is 13.3 Å². The number of piperazine rings is 1. The lowest BCUT2D eigenvalue weighted by atomic mass is 10.2. The van der Waals surface area contributed by atoms with Gasteiger partial charge in [-0.1, -0.05) is 12.1 Å². The van der Waals surface area contributed by atoms with E-state index < -0.39 is 0 Å². The van der Waals surface area contributed by atoms with E-state index >= 15 is 0 Å². The highest BCUT2D eigenvalue weighted by Crippen LogP contribution is 2.32. The summed E-state index contributed by atoms with van der Waals surface area (Å²) in [5.74, 6) is 1.45. The van der Waals surface area contributed by atoms with Crippen molar-refractivity contribution in [1.82, 2.24) is 4.90 Å². The van der Waals surface area contributed by atoms with Gasteiger partial charge in [0.25, 0.3) is 0 Å². The van der Waals surface area contributed by atoms with Gasteiger partial charge in [0.05, 0.1) is 0 Å². The molecule has 0 unspecified atom stereocenters. The largest absolute Gasteiger partial charge is 0.486 e. The summed E-state index contributed by atoms with van der Waals surface area (Å²) in [4.78, 5) is 17.1. The van der Waals surface area contributed by atoms with Crippen LogP contribution in [0.15, 0.2) is 42.5 Å². The van der Waals surface area contributed by atoms with Crippen molar-refractivity contribution in [2.75, 3.05) is 56.2 Å². The van der Waals surface area contributed by atoms with Gasteiger partial charge in [-0.3, -0.25) is 9.69 Å². The molecule has 2 aliphatic rings. The summed E-state index contributed by atoms with van der Waals surface area (Å²) in [6.45, 7) is 7.95. The van der Waals surface area contributed by atoms with Crippen LogP contribution >= 0.6 is 0 Å². The minimum atomic E-state index is 0.0257. The summed E-state index contributed by atoms with van der Waals surface area (Å²) >= 11 is 0. The van der Waals surface area contributed by atoms with E-state index in [-0.39, 0.29) is 5.91 Å². The zero-order chi connectivity index (χ0) is 19.3. The van der Waals surface area contributed by atoms with Crippen LogP contribution in [0.2, 0.25) is 0 Å². The van der Waals surface area contributed by atoms with E-state index in [4.69, 9.17) is 9.47 Å². The fourth-order valence-electron chi connectivity index (χ4n) is 3.66. The standard InChI is InChI=1S/C22H27N3O3/c1-17-3-2-4-19(15-17)25-11-9-24(10-12-25)8-7-22(26)23-18-5-6-20-21(16-18)28-14-13-27-20/h2-6,15-16H,7-14H2,1H3,(H,23,26). The topological polar surface area (TPSA) is 54.0 Å². The van der Waals surface area contributed by atoms with Gasteiger partial charge in [-0.2, -0.15) is 0 Å². The molecule has 6 nitrogen and oxygen atoms in total. The fourth-order valence-corrected chi connectivity index (χ4v) is 3.66. The predicted octanol–water partition coefficient (Wildman–Crippen LogP) is 2.92. The molecule has 2 heterocycles. The van der Waals surface area contributed by atoms with Gasteiger partial charge in [0.15, 0.2) is 11.5 Å². The first-order valence-corrected chi connectivity index (χ1v) is 9.91. The minimum Gasteiger partial charge on any atom is -0.486 e. The molecule has 0 aliphatic carbocycles. The van der Waals surface area contributed by atoms with Crippen LogP contribution in [0.25, 0.3) is 0 Å². The normalized spacial score (nSPS) is 16.7. The van der Waals surface area contributed by atoms with Crippen LogP contribution in [0.5, 0.6) is 11.5 Å². The van der Waals surface area contributed by atoms with Gasteiger partial charge in [-0.05, 0) is 36.8 Å². The first-order chi connectivity index (χ1) is 13.7. The third-order valence-corrected chi connectivity index (χ3v) is 5.22. The van der Waals surface area contributed by atoms with E-state index in [2.05, 4.69) is 46.3 Å². The molecule has 1 fully saturated rings. The number of amides is 1. The summed E-state index contributed by atoms with van der Waals surface area (Å²) < 4.78 is 11.1. The van der Waals surface area contributed by atoms with Crippen molar-refractivity contribution in [3.8, 4) is 11.5 Å². The highest BCUT2D eigenvalue weighted by atomic mass is 16.6. The zero-order valence-corrected chi connectivity index (χ0v) is 16.3. The Kier molecular flexibility index (Phi) is 5.67. The molecule has 0 radical (unpaired) electrons. The number of nitrogens with one attached hydrogen (secondary N) is 1. The molecular weight excluding hydrogens is 354 g/mol. The Bertz CT molecular complexity index is 832. The summed E-state index contributed by atoms with van der Waals surface area (Å²) in [6, 6.07) is 14.2. The third-order valence-electron chi connectivity index (χ3n) is 5.22. The number of rotatable bonds is 5. The minimum absolute atomic E-state index is 0.0257. The Morgan fingerprint density at radius 3 is 2.57 bits per heavy atom. The lowest BCUT2D eigenvalue weighted by molar-refractivity contribution is -0.116. The van der Waals surface area contributed by atoms with Crippen LogP contribution in [0, 0.1) is 6.92 Å². The number of carbonyl (C=O) groups excluding carboxylic acids is 1. The number of carbonyl (C=O) groups is 1. The van der Waals surface area contributed by atoms with Gasteiger partial charge in [-0.15, -0.1) is 0 Å². The molecule has 0 spiro atoms. The first kappa shape index (κ1) is 18.6. The molecule has 148 valence electrons. The number of benzene rings is 2. The molecule has 1 N–H and O–H groups in total. The molecule has 2 aromatic carbocycles. The number of ether oxygens (including phenoxy) is 2. The zero-order valence-electron chi connectivity index (χ0n) is 16.3. The summed E-state index contributed by atoms with van der Waals surface area (Å²) in [7, 11) is 0. The number of fused-ring (bicyclic) bond motifs is 1. The van der Waals surface area contributed by atoms with Crippen LogP contribution < -0.4 is 19.7 Å². The molecule has 4 rings (SSSR count). The highest BCUT2D eigenvalue weighted by molar-refractivity contribution is 5.91. The molecule has 0 aromatic heterocycles. The van der Waals surface area contributed by atoms with Gasteiger partial charge in [0.2, 0.25) is 5.91 Å². The summed E-state index contributed by atoms with van der Waals surface area (Å²) in [6.07, 6.45) is 0.485. The monoisotopic (exact) mass is 381 g/mol. The van der Waals surface area contributed by atoms with Gasteiger partial charge in [0.1, 0.15) is 13.2 Å². The van der Waals surface area contributed by atoms with Crippen molar-refractivity contribution in [1.29, 1.82) is 0 Å². The Morgan fingerprint density at radius 2 is 1.79 bits per heavy atom. The van der Waals surface area contributed by atoms with E-state index in [9.17, 15) is 4.79 Å². The van der Waals surface area contributed by atoms with E-state index in [1.165, 1.54) is 11.3 Å². The number of anilines is 2. The van der Waals surface area contributed by atoms with Gasteiger partial charge in [0, 0.05) is 56.6 Å². The van der Waals surface area contributed by atoms with Crippen molar-refractivity contribution in [2.24, 2.45) is 0 Å². The van der Waals surface area contributed by atoms with Crippen LogP contribution in [0.1, 0.15) is 12.0 Å². The van der Waals surface area contributed by atoms with Crippen molar-refractivity contribution < 1.29 is 14.3 Å². The molecule has 6 heteroatoms. The van der Waals surface area contributed by atoms with Crippen molar-refractivity contribution >= 4 is 17.3 Å². The quantitative estimate of drug-likeness (QED) is 0.863. The molecule has 0 bridgehead atoms. The molecule has 0 atom stereocenters. The number of aryl methyl sites for hydroxylation is 1. The first-order valence-electron chi connectivity index (χ1n) is 9.91. The lowest BCUT2D eigenvalue weighted by Gasteiger charge is -2.36. The number of hydrogen-bond donors (Lipinski definition) is 1. The molecular formula is C22H27N3O3. The molecule has 28 heavy (non-hydrogen) atoms. The average Bonchev–Trinajstić information content (AvgIpc) is 2.72. The molecule has 2 aromatic rings. The average molecular weight is 381 g/mol. The third kappa shape index (κ3) is 4.57. The predicted molar refractivity (Wildman–Crippen MR) is 111 cm³/mol. The maximum absolute atomic E-state index is 12.3. The second-order valence-electron chi connectivity index (χ2n) is 7.32. The molecule has 2 aliphatic heterocycles. The van der Waals surface area contributed by atoms with Gasteiger partial charge >= 0.3 is 0 Å². The fraction of sp³-hybridized carbons (Fsp3) is 0.409. The SMILES string of the molecule is Cc1cccc(N2CCN(CCC(=O)Nc3ccc4c(c3)OCCO4)CC2)c1. The molecule has 1 saturated heterocycles. The maximum Gasteiger partial charge on any atom is 0.225 e. The maximum atomic E-state index is 12.3. The number of nitrogens with zero attached hydrogens (tertiary/aromatic N) is 2. The van der Waals surface area contributed by atoms with Crippen molar-refractivity contribution in [3.63, 3.8) is 0 Å². The van der Waals surface area contributed by atoms with Crippen LogP contribution in [0.4, 0.5) is 11.4 Å². The van der Waals surface area contributed by atoms with E-state index in [0.717, 1.165) is 44.2 Å². The summed E-state index contributed by atoms with van der Waals surface area (Å²) in [5, 5.41) is 2.96. The second-order valence-corrected chi connectivity index (χ2v) is 7.32. The van der Waals surface area contributed by atoms with Crippen LogP contribution in [-0.4, -0.2) is 56.7 Å². The second kappa shape index (κ2) is 8.52. The van der Waals surface area contributed by atoms with Gasteiger partial charge < -0.3 is 19.7 Å². The Balaban J connectivity index is 1.22. The van der Waals surface area contributed by atoms with E-state index in [0.29, 0.717) is 25.4 Å². The number of hydrogen-bond acceptors (Lipinski definition) is 5. The van der Waals surface area contributed by atoms with Gasteiger partial charge in [-0.25, -0.2) is 0 Å². The van der Waals surface area contributed by atoms with Crippen LogP contribution in [0.3, 0.4) is 0 Å². The Labute approximate surface area is 166 Å². The van der Waals surface area contributed by atoms with Crippen LogP contribution in [-0.2, 0) is 4.79 Å². The highest BCUT2D eigenvalue weighted by Gasteiger charge is 2.18. The Morgan fingerprint density at radius 1 is 1.00 bits per heavy atom. The molecule has 1 amide bonds. The van der Waals surface area contributed by atoms with E-state index in [1.807, 2.05) is 18.2 Å². The van der Waals surface area contributed by atoms with E-state index in [1.54, 1.807) is 0 Å². The lowest BCUT2D eigenvalue weighted by Crippen LogP contribution is -2.47.